The van der Waals surface area contributed by atoms with Gasteiger partial charge in [0.05, 0.1) is 24.1 Å². The van der Waals surface area contributed by atoms with Gasteiger partial charge in [-0.2, -0.15) is 0 Å². The number of ether oxygens (including phenoxy) is 1. The number of rotatable bonds is 4. The Labute approximate surface area is 133 Å². The number of nitrogens with zero attached hydrogens (tertiary/aromatic N) is 2. The maximum atomic E-state index is 12.6. The zero-order chi connectivity index (χ0) is 16.4. The number of non-ortho nitro benzene ring substituents is 1. The number of nitro benzene ring substituents is 1. The van der Waals surface area contributed by atoms with Gasteiger partial charge in [-0.05, 0) is 18.1 Å². The number of amides is 1. The fourth-order valence-corrected chi connectivity index (χ4v) is 2.85. The van der Waals surface area contributed by atoms with E-state index in [0.717, 1.165) is 11.1 Å². The highest BCUT2D eigenvalue weighted by atomic mass is 16.6. The molecular weight excluding hydrogens is 296 g/mol. The van der Waals surface area contributed by atoms with Crippen molar-refractivity contribution in [2.45, 2.75) is 12.8 Å². The molecule has 0 atom stereocenters. The molecule has 1 aliphatic rings. The van der Waals surface area contributed by atoms with E-state index in [1.807, 2.05) is 24.3 Å². The molecule has 0 spiro atoms. The van der Waals surface area contributed by atoms with Crippen molar-refractivity contribution < 1.29 is 14.5 Å². The Balaban J connectivity index is 1.86. The van der Waals surface area contributed by atoms with Crippen LogP contribution >= 0.6 is 0 Å². The van der Waals surface area contributed by atoms with Gasteiger partial charge in [0, 0.05) is 24.2 Å². The van der Waals surface area contributed by atoms with Crippen molar-refractivity contribution in [3.63, 3.8) is 0 Å². The fourth-order valence-electron chi connectivity index (χ4n) is 2.85. The minimum absolute atomic E-state index is 0.000687. The van der Waals surface area contributed by atoms with E-state index in [9.17, 15) is 14.9 Å². The van der Waals surface area contributed by atoms with E-state index in [0.29, 0.717) is 24.4 Å². The van der Waals surface area contributed by atoms with Gasteiger partial charge >= 0.3 is 0 Å². The highest BCUT2D eigenvalue weighted by Gasteiger charge is 2.27. The molecule has 0 bridgehead atoms. The van der Waals surface area contributed by atoms with Crippen LogP contribution < -0.4 is 9.64 Å². The summed E-state index contributed by atoms with van der Waals surface area (Å²) in [7, 11) is 1.57. The third-order valence-electron chi connectivity index (χ3n) is 4.01. The zero-order valence-electron chi connectivity index (χ0n) is 12.7. The van der Waals surface area contributed by atoms with Crippen LogP contribution in [0.15, 0.2) is 42.5 Å². The van der Waals surface area contributed by atoms with Crippen LogP contribution in [0.25, 0.3) is 0 Å². The molecule has 0 aromatic heterocycles. The Morgan fingerprint density at radius 2 is 2.09 bits per heavy atom. The molecule has 1 amide bonds. The number of carbonyl (C=O) groups is 1. The lowest BCUT2D eigenvalue weighted by Gasteiger charge is -2.18. The van der Waals surface area contributed by atoms with E-state index in [1.54, 1.807) is 18.1 Å². The van der Waals surface area contributed by atoms with E-state index in [1.165, 1.54) is 12.1 Å². The van der Waals surface area contributed by atoms with E-state index in [4.69, 9.17) is 4.74 Å². The summed E-state index contributed by atoms with van der Waals surface area (Å²) in [6.45, 7) is 0.546. The predicted molar refractivity (Wildman–Crippen MR) is 85.9 cm³/mol. The number of methoxy groups -OCH3 is 1. The van der Waals surface area contributed by atoms with Gasteiger partial charge in [0.25, 0.3) is 5.69 Å². The summed E-state index contributed by atoms with van der Waals surface area (Å²) < 4.78 is 5.27. The average molecular weight is 312 g/mol. The predicted octanol–water partition coefficient (Wildman–Crippen LogP) is 2.74. The maximum Gasteiger partial charge on any atom is 0.271 e. The van der Waals surface area contributed by atoms with Crippen LogP contribution in [-0.2, 0) is 17.6 Å². The zero-order valence-corrected chi connectivity index (χ0v) is 12.7. The highest BCUT2D eigenvalue weighted by Crippen LogP contribution is 2.32. The van der Waals surface area contributed by atoms with Crippen LogP contribution in [-0.4, -0.2) is 24.5 Å². The third-order valence-corrected chi connectivity index (χ3v) is 4.01. The molecule has 0 aliphatic carbocycles. The molecule has 118 valence electrons. The molecule has 0 N–H and O–H groups in total. The average Bonchev–Trinajstić information content (AvgIpc) is 2.98. The van der Waals surface area contributed by atoms with Gasteiger partial charge in [-0.3, -0.25) is 14.9 Å². The summed E-state index contributed by atoms with van der Waals surface area (Å²) in [6.07, 6.45) is 0.914. The molecule has 0 saturated heterocycles. The number of hydrogen-bond donors (Lipinski definition) is 0. The van der Waals surface area contributed by atoms with Gasteiger partial charge in [0.1, 0.15) is 5.75 Å². The number of hydrogen-bond acceptors (Lipinski definition) is 4. The van der Waals surface area contributed by atoms with Crippen molar-refractivity contribution in [2.75, 3.05) is 18.6 Å². The first kappa shape index (κ1) is 15.0. The van der Waals surface area contributed by atoms with Crippen molar-refractivity contribution in [3.8, 4) is 5.75 Å². The van der Waals surface area contributed by atoms with Crippen molar-refractivity contribution in [1.82, 2.24) is 0 Å². The number of carbonyl (C=O) groups excluding carboxylic acids is 1. The Bertz CT molecular complexity index is 773. The van der Waals surface area contributed by atoms with Crippen LogP contribution in [0.3, 0.4) is 0 Å². The number of benzene rings is 2. The summed E-state index contributed by atoms with van der Waals surface area (Å²) in [5.74, 6) is 0.577. The Hall–Kier alpha value is -2.89. The summed E-state index contributed by atoms with van der Waals surface area (Å²) in [6, 6.07) is 12.0. The normalized spacial score (nSPS) is 12.8. The summed E-state index contributed by atoms with van der Waals surface area (Å²) >= 11 is 0. The van der Waals surface area contributed by atoms with E-state index in [-0.39, 0.29) is 18.0 Å². The summed E-state index contributed by atoms with van der Waals surface area (Å²) in [4.78, 5) is 24.7. The Morgan fingerprint density at radius 1 is 1.30 bits per heavy atom. The smallest absolute Gasteiger partial charge is 0.271 e. The second-order valence-corrected chi connectivity index (χ2v) is 5.35. The molecule has 23 heavy (non-hydrogen) atoms. The lowest BCUT2D eigenvalue weighted by molar-refractivity contribution is -0.384. The minimum Gasteiger partial charge on any atom is -0.496 e. The second kappa shape index (κ2) is 6.08. The topological polar surface area (TPSA) is 72.7 Å². The standard InChI is InChI=1S/C17H16N2O4/c1-23-16-5-3-2-4-13(16)10-17(20)18-9-8-12-6-7-14(19(21)22)11-15(12)18/h2-7,11H,8-10H2,1H3. The second-order valence-electron chi connectivity index (χ2n) is 5.35. The largest absolute Gasteiger partial charge is 0.496 e. The third kappa shape index (κ3) is 2.88. The first-order valence-electron chi connectivity index (χ1n) is 7.29. The minimum atomic E-state index is -0.443. The number of nitro groups is 1. The Kier molecular flexibility index (Phi) is 3.97. The first-order valence-corrected chi connectivity index (χ1v) is 7.29. The van der Waals surface area contributed by atoms with E-state index < -0.39 is 4.92 Å². The molecule has 0 unspecified atom stereocenters. The maximum absolute atomic E-state index is 12.6. The van der Waals surface area contributed by atoms with E-state index in [2.05, 4.69) is 0 Å². The lowest BCUT2D eigenvalue weighted by atomic mass is 10.1. The molecule has 0 saturated carbocycles. The first-order chi connectivity index (χ1) is 11.1. The van der Waals surface area contributed by atoms with Gasteiger partial charge in [-0.1, -0.05) is 24.3 Å². The van der Waals surface area contributed by atoms with Crippen molar-refractivity contribution in [1.29, 1.82) is 0 Å². The van der Waals surface area contributed by atoms with Crippen molar-refractivity contribution >= 4 is 17.3 Å². The molecule has 0 fully saturated rings. The van der Waals surface area contributed by atoms with Crippen LogP contribution in [0.5, 0.6) is 5.75 Å². The molecule has 0 radical (unpaired) electrons. The molecular formula is C17H16N2O4. The molecule has 6 nitrogen and oxygen atoms in total. The molecule has 2 aromatic rings. The Morgan fingerprint density at radius 3 is 2.83 bits per heavy atom. The number of fused-ring (bicyclic) bond motifs is 1. The number of anilines is 1. The molecule has 1 heterocycles. The van der Waals surface area contributed by atoms with E-state index >= 15 is 0 Å². The monoisotopic (exact) mass is 312 g/mol. The van der Waals surface area contributed by atoms with Crippen molar-refractivity contribution in [2.24, 2.45) is 0 Å². The summed E-state index contributed by atoms with van der Waals surface area (Å²) in [5.41, 5.74) is 2.41. The quantitative estimate of drug-likeness (QED) is 0.643. The van der Waals surface area contributed by atoms with Crippen molar-refractivity contribution in [3.05, 3.63) is 63.7 Å². The molecule has 3 rings (SSSR count). The van der Waals surface area contributed by atoms with Crippen LogP contribution in [0.1, 0.15) is 11.1 Å². The fraction of sp³-hybridized carbons (Fsp3) is 0.235. The lowest BCUT2D eigenvalue weighted by Crippen LogP contribution is -2.30. The SMILES string of the molecule is COc1ccccc1CC(=O)N1CCc2ccc([N+](=O)[O-])cc21. The van der Waals surface area contributed by atoms with Crippen LogP contribution in [0.4, 0.5) is 11.4 Å². The molecule has 6 heteroatoms. The van der Waals surface area contributed by atoms with Crippen LogP contribution in [0, 0.1) is 10.1 Å². The van der Waals surface area contributed by atoms with Gasteiger partial charge < -0.3 is 9.64 Å². The number of para-hydroxylation sites is 1. The van der Waals surface area contributed by atoms with Crippen LogP contribution in [0.2, 0.25) is 0 Å². The van der Waals surface area contributed by atoms with Gasteiger partial charge in [0.2, 0.25) is 5.91 Å². The molecule has 1 aliphatic heterocycles. The van der Waals surface area contributed by atoms with Gasteiger partial charge in [-0.25, -0.2) is 0 Å². The molecule has 2 aromatic carbocycles. The highest BCUT2D eigenvalue weighted by molar-refractivity contribution is 5.97. The van der Waals surface area contributed by atoms with Gasteiger partial charge in [0.15, 0.2) is 0 Å². The van der Waals surface area contributed by atoms with Gasteiger partial charge in [-0.15, -0.1) is 0 Å². The summed E-state index contributed by atoms with van der Waals surface area (Å²) in [5, 5.41) is 10.9.